The molecule has 2 rings (SSSR count). The van der Waals surface area contributed by atoms with Crippen LogP contribution >= 0.6 is 0 Å². The molecule has 0 unspecified atom stereocenters. The highest BCUT2D eigenvalue weighted by molar-refractivity contribution is 7.88. The standard InChI is InChI=1S/C14H27N5O3S/c1-14(2,20)13-10-19(18-17-13)12-7-5-4-6-11(12)15-8-9-16-23(3,21)22/h10-12,15-16,20H,4-9H2,1-3H3/t11-,12+/m0/s1. The van der Waals surface area contributed by atoms with E-state index < -0.39 is 15.6 Å². The molecule has 0 aliphatic heterocycles. The molecule has 8 nitrogen and oxygen atoms in total. The molecule has 3 N–H and O–H groups in total. The molecule has 1 fully saturated rings. The lowest BCUT2D eigenvalue weighted by Crippen LogP contribution is -2.43. The van der Waals surface area contributed by atoms with Crippen molar-refractivity contribution in [1.29, 1.82) is 0 Å². The Morgan fingerprint density at radius 1 is 1.35 bits per heavy atom. The Morgan fingerprint density at radius 3 is 2.65 bits per heavy atom. The summed E-state index contributed by atoms with van der Waals surface area (Å²) in [4.78, 5) is 0. The van der Waals surface area contributed by atoms with Crippen molar-refractivity contribution in [2.45, 2.75) is 57.2 Å². The van der Waals surface area contributed by atoms with Gasteiger partial charge in [0.1, 0.15) is 11.3 Å². The molecule has 1 aliphatic rings. The summed E-state index contributed by atoms with van der Waals surface area (Å²) in [6, 6.07) is 0.395. The number of rotatable bonds is 7. The van der Waals surface area contributed by atoms with Crippen LogP contribution in [0.5, 0.6) is 0 Å². The van der Waals surface area contributed by atoms with Crippen molar-refractivity contribution in [2.75, 3.05) is 19.3 Å². The van der Waals surface area contributed by atoms with Crippen LogP contribution in [0.15, 0.2) is 6.20 Å². The third kappa shape index (κ3) is 5.52. The maximum absolute atomic E-state index is 11.1. The summed E-state index contributed by atoms with van der Waals surface area (Å²) in [7, 11) is -3.15. The van der Waals surface area contributed by atoms with Gasteiger partial charge in [-0.25, -0.2) is 17.8 Å². The van der Waals surface area contributed by atoms with E-state index in [1.54, 1.807) is 20.0 Å². The summed E-state index contributed by atoms with van der Waals surface area (Å²) in [5, 5.41) is 21.7. The highest BCUT2D eigenvalue weighted by Crippen LogP contribution is 2.29. The third-order valence-corrected chi connectivity index (χ3v) is 4.83. The van der Waals surface area contributed by atoms with Crippen LogP contribution in [-0.4, -0.2) is 53.9 Å². The molecule has 0 amide bonds. The van der Waals surface area contributed by atoms with Crippen LogP contribution < -0.4 is 10.0 Å². The topological polar surface area (TPSA) is 109 Å². The molecule has 1 saturated carbocycles. The van der Waals surface area contributed by atoms with Gasteiger partial charge in [-0.1, -0.05) is 18.1 Å². The zero-order chi connectivity index (χ0) is 17.1. The van der Waals surface area contributed by atoms with Gasteiger partial charge >= 0.3 is 0 Å². The second-order valence-corrected chi connectivity index (χ2v) is 8.55. The van der Waals surface area contributed by atoms with Crippen LogP contribution in [0.2, 0.25) is 0 Å². The highest BCUT2D eigenvalue weighted by Gasteiger charge is 2.29. The number of sulfonamides is 1. The molecule has 0 aromatic carbocycles. The van der Waals surface area contributed by atoms with Crippen LogP contribution in [0.3, 0.4) is 0 Å². The SMILES string of the molecule is CC(C)(O)c1cn([C@@H]2CCCC[C@@H]2NCCNS(C)(=O)=O)nn1. The molecule has 1 heterocycles. The van der Waals surface area contributed by atoms with Gasteiger partial charge in [0.05, 0.1) is 18.5 Å². The molecule has 0 bridgehead atoms. The van der Waals surface area contributed by atoms with Crippen molar-refractivity contribution in [2.24, 2.45) is 0 Å². The van der Waals surface area contributed by atoms with Gasteiger partial charge in [0.25, 0.3) is 0 Å². The van der Waals surface area contributed by atoms with E-state index in [-0.39, 0.29) is 12.1 Å². The first-order valence-corrected chi connectivity index (χ1v) is 9.89. The van der Waals surface area contributed by atoms with E-state index in [4.69, 9.17) is 0 Å². The first kappa shape index (κ1) is 18.3. The van der Waals surface area contributed by atoms with E-state index in [2.05, 4.69) is 20.4 Å². The zero-order valence-electron chi connectivity index (χ0n) is 14.0. The molecule has 23 heavy (non-hydrogen) atoms. The molecule has 132 valence electrons. The summed E-state index contributed by atoms with van der Waals surface area (Å²) in [6.07, 6.45) is 7.24. The molecule has 2 atom stereocenters. The minimum Gasteiger partial charge on any atom is -0.384 e. The molecular formula is C14H27N5O3S. The van der Waals surface area contributed by atoms with Crippen molar-refractivity contribution in [3.05, 3.63) is 11.9 Å². The highest BCUT2D eigenvalue weighted by atomic mass is 32.2. The molecular weight excluding hydrogens is 318 g/mol. The van der Waals surface area contributed by atoms with E-state index in [0.717, 1.165) is 31.9 Å². The Balaban J connectivity index is 1.97. The van der Waals surface area contributed by atoms with Crippen molar-refractivity contribution in [3.8, 4) is 0 Å². The molecule has 1 aromatic rings. The van der Waals surface area contributed by atoms with Gasteiger partial charge in [0.2, 0.25) is 10.0 Å². The fraction of sp³-hybridized carbons (Fsp3) is 0.857. The molecule has 0 radical (unpaired) electrons. The van der Waals surface area contributed by atoms with Gasteiger partial charge in [-0.15, -0.1) is 5.10 Å². The number of hydrogen-bond acceptors (Lipinski definition) is 6. The second-order valence-electron chi connectivity index (χ2n) is 6.72. The summed E-state index contributed by atoms with van der Waals surface area (Å²) in [6.45, 7) is 4.32. The summed E-state index contributed by atoms with van der Waals surface area (Å²) < 4.78 is 26.5. The summed E-state index contributed by atoms with van der Waals surface area (Å²) >= 11 is 0. The normalized spacial score (nSPS) is 23.1. The minimum atomic E-state index is -3.15. The predicted octanol–water partition coefficient (Wildman–Crippen LogP) is 0.128. The number of nitrogens with zero attached hydrogens (tertiary/aromatic N) is 3. The quantitative estimate of drug-likeness (QED) is 0.606. The van der Waals surface area contributed by atoms with Gasteiger partial charge in [0, 0.05) is 19.1 Å². The van der Waals surface area contributed by atoms with Crippen LogP contribution in [0.25, 0.3) is 0 Å². The van der Waals surface area contributed by atoms with Crippen LogP contribution in [0.1, 0.15) is 51.3 Å². The smallest absolute Gasteiger partial charge is 0.208 e. The summed E-state index contributed by atoms with van der Waals surface area (Å²) in [5.74, 6) is 0. The average molecular weight is 345 g/mol. The zero-order valence-corrected chi connectivity index (χ0v) is 14.8. The van der Waals surface area contributed by atoms with Crippen molar-refractivity contribution >= 4 is 10.0 Å². The van der Waals surface area contributed by atoms with E-state index in [1.165, 1.54) is 0 Å². The lowest BCUT2D eigenvalue weighted by molar-refractivity contribution is 0.0736. The summed E-state index contributed by atoms with van der Waals surface area (Å²) in [5.41, 5.74) is -0.449. The van der Waals surface area contributed by atoms with E-state index in [1.807, 2.05) is 4.68 Å². The Bertz CT molecular complexity index is 608. The predicted molar refractivity (Wildman–Crippen MR) is 87.4 cm³/mol. The third-order valence-electron chi connectivity index (χ3n) is 4.10. The van der Waals surface area contributed by atoms with Crippen LogP contribution in [0, 0.1) is 0 Å². The first-order valence-electron chi connectivity index (χ1n) is 7.99. The molecule has 1 aliphatic carbocycles. The van der Waals surface area contributed by atoms with Gasteiger partial charge in [-0.05, 0) is 26.7 Å². The van der Waals surface area contributed by atoms with Gasteiger partial charge in [-0.2, -0.15) is 0 Å². The Morgan fingerprint density at radius 2 is 2.04 bits per heavy atom. The van der Waals surface area contributed by atoms with E-state index in [0.29, 0.717) is 18.8 Å². The Labute approximate surface area is 137 Å². The molecule has 0 spiro atoms. The van der Waals surface area contributed by atoms with E-state index >= 15 is 0 Å². The number of hydrogen-bond donors (Lipinski definition) is 3. The largest absolute Gasteiger partial charge is 0.384 e. The maximum Gasteiger partial charge on any atom is 0.208 e. The Hall–Kier alpha value is -1.03. The fourth-order valence-corrected chi connectivity index (χ4v) is 3.35. The number of aliphatic hydroxyl groups is 1. The lowest BCUT2D eigenvalue weighted by Gasteiger charge is -2.32. The van der Waals surface area contributed by atoms with Crippen molar-refractivity contribution in [1.82, 2.24) is 25.0 Å². The fourth-order valence-electron chi connectivity index (χ4n) is 2.88. The van der Waals surface area contributed by atoms with E-state index in [9.17, 15) is 13.5 Å². The van der Waals surface area contributed by atoms with Crippen molar-refractivity contribution in [3.63, 3.8) is 0 Å². The van der Waals surface area contributed by atoms with Crippen LogP contribution in [-0.2, 0) is 15.6 Å². The maximum atomic E-state index is 11.1. The molecule has 0 saturated heterocycles. The Kier molecular flexibility index (Phi) is 5.77. The molecule has 1 aromatic heterocycles. The average Bonchev–Trinajstić information content (AvgIpc) is 2.92. The van der Waals surface area contributed by atoms with Gasteiger partial charge in [0.15, 0.2) is 0 Å². The number of aromatic nitrogens is 3. The monoisotopic (exact) mass is 345 g/mol. The van der Waals surface area contributed by atoms with Crippen LogP contribution in [0.4, 0.5) is 0 Å². The lowest BCUT2D eigenvalue weighted by atomic mass is 9.90. The molecule has 9 heteroatoms. The number of nitrogens with one attached hydrogen (secondary N) is 2. The van der Waals surface area contributed by atoms with Gasteiger partial charge < -0.3 is 10.4 Å². The minimum absolute atomic E-state index is 0.172. The van der Waals surface area contributed by atoms with Gasteiger partial charge in [-0.3, -0.25) is 0 Å². The second kappa shape index (κ2) is 7.25. The first-order chi connectivity index (χ1) is 10.7. The van der Waals surface area contributed by atoms with Crippen molar-refractivity contribution < 1.29 is 13.5 Å².